The maximum atomic E-state index is 13.8. The van der Waals surface area contributed by atoms with Crippen molar-refractivity contribution in [3.05, 3.63) is 35.6 Å². The first-order valence-corrected chi connectivity index (χ1v) is 7.79. The summed E-state index contributed by atoms with van der Waals surface area (Å²) in [6.07, 6.45) is 2.13. The fraction of sp³-hybridized carbons (Fsp3) is 0.438. The first-order valence-electron chi connectivity index (χ1n) is 7.79. The van der Waals surface area contributed by atoms with Gasteiger partial charge in [0.1, 0.15) is 5.82 Å². The van der Waals surface area contributed by atoms with Crippen molar-refractivity contribution in [3.8, 4) is 0 Å². The second-order valence-corrected chi connectivity index (χ2v) is 6.51. The Hall–Kier alpha value is -2.15. The van der Waals surface area contributed by atoms with Crippen LogP contribution in [0.4, 0.5) is 8.78 Å². The van der Waals surface area contributed by atoms with E-state index >= 15 is 0 Å². The minimum Gasteiger partial charge on any atom is -0.450 e. The molecule has 4 aliphatic heterocycles. The third-order valence-electron chi connectivity index (χ3n) is 5.10. The van der Waals surface area contributed by atoms with Crippen LogP contribution in [0.15, 0.2) is 27.8 Å². The zero-order valence-corrected chi connectivity index (χ0v) is 12.3. The van der Waals surface area contributed by atoms with Crippen LogP contribution in [0.5, 0.6) is 0 Å². The quantitative estimate of drug-likeness (QED) is 0.877. The third kappa shape index (κ3) is 1.89. The Balaban J connectivity index is 1.48. The molecule has 1 atom stereocenters. The van der Waals surface area contributed by atoms with E-state index in [1.807, 2.05) is 0 Å². The lowest BCUT2D eigenvalue weighted by Gasteiger charge is -2.49. The second kappa shape index (κ2) is 4.44. The fourth-order valence-corrected chi connectivity index (χ4v) is 3.94. The lowest BCUT2D eigenvalue weighted by Crippen LogP contribution is -2.65. The van der Waals surface area contributed by atoms with Crippen LogP contribution in [-0.2, 0) is 4.84 Å². The maximum absolute atomic E-state index is 13.8. The van der Waals surface area contributed by atoms with Crippen molar-refractivity contribution in [2.24, 2.45) is 11.1 Å². The zero-order chi connectivity index (χ0) is 15.6. The number of amidine groups is 1. The molecule has 6 rings (SSSR count). The Bertz CT molecular complexity index is 826. The summed E-state index contributed by atoms with van der Waals surface area (Å²) in [7, 11) is 0. The van der Waals surface area contributed by atoms with E-state index in [1.165, 1.54) is 6.07 Å². The Morgan fingerprint density at radius 1 is 1.22 bits per heavy atom. The number of furan rings is 1. The molecule has 5 nitrogen and oxygen atoms in total. The van der Waals surface area contributed by atoms with Gasteiger partial charge in [0, 0.05) is 17.4 Å². The monoisotopic (exact) mass is 319 g/mol. The summed E-state index contributed by atoms with van der Waals surface area (Å²) in [5, 5.41) is 7.82. The van der Waals surface area contributed by atoms with E-state index in [2.05, 4.69) is 15.4 Å². The average Bonchev–Trinajstić information content (AvgIpc) is 3.13. The van der Waals surface area contributed by atoms with E-state index in [0.717, 1.165) is 38.5 Å². The van der Waals surface area contributed by atoms with Crippen molar-refractivity contribution in [3.63, 3.8) is 0 Å². The smallest absolute Gasteiger partial charge is 0.224 e. The largest absolute Gasteiger partial charge is 0.450 e. The second-order valence-electron chi connectivity index (χ2n) is 6.51. The van der Waals surface area contributed by atoms with E-state index < -0.39 is 17.4 Å². The number of benzene rings is 1. The molecule has 0 unspecified atom stereocenters. The van der Waals surface area contributed by atoms with Gasteiger partial charge in [0.25, 0.3) is 0 Å². The molecule has 0 saturated carbocycles. The Morgan fingerprint density at radius 3 is 2.78 bits per heavy atom. The van der Waals surface area contributed by atoms with Gasteiger partial charge in [-0.25, -0.2) is 8.78 Å². The Kier molecular flexibility index (Phi) is 2.57. The topological polar surface area (TPSA) is 50.0 Å². The van der Waals surface area contributed by atoms with Gasteiger partial charge >= 0.3 is 0 Å². The summed E-state index contributed by atoms with van der Waals surface area (Å²) in [5.74, 6) is -0.156. The molecule has 1 spiro atoms. The number of nitrogens with one attached hydrogen (secondary N) is 1. The van der Waals surface area contributed by atoms with E-state index in [4.69, 9.17) is 9.25 Å². The highest BCUT2D eigenvalue weighted by Crippen LogP contribution is 2.39. The van der Waals surface area contributed by atoms with Crippen LogP contribution in [0, 0.1) is 17.6 Å². The number of fused-ring (bicyclic) bond motifs is 3. The lowest BCUT2D eigenvalue weighted by molar-refractivity contribution is -0.148. The van der Waals surface area contributed by atoms with Gasteiger partial charge in [-0.1, -0.05) is 5.16 Å². The minimum absolute atomic E-state index is 0.0285. The van der Waals surface area contributed by atoms with Crippen molar-refractivity contribution >= 4 is 16.8 Å². The fourth-order valence-electron chi connectivity index (χ4n) is 3.94. The predicted molar refractivity (Wildman–Crippen MR) is 78.8 cm³/mol. The molecule has 23 heavy (non-hydrogen) atoms. The highest BCUT2D eigenvalue weighted by Gasteiger charge is 2.52. The molecular weight excluding hydrogens is 304 g/mol. The van der Waals surface area contributed by atoms with Gasteiger partial charge in [-0.15, -0.1) is 0 Å². The maximum Gasteiger partial charge on any atom is 0.224 e. The number of nitrogens with zero attached hydrogens (tertiary/aromatic N) is 2. The van der Waals surface area contributed by atoms with Gasteiger partial charge in [-0.2, -0.15) is 0 Å². The zero-order valence-electron chi connectivity index (χ0n) is 12.3. The van der Waals surface area contributed by atoms with Crippen LogP contribution < -0.4 is 5.32 Å². The van der Waals surface area contributed by atoms with Crippen LogP contribution in [0.2, 0.25) is 0 Å². The SMILES string of the molecule is Fc1cc(F)c2oc(C3=NO[C@]4(CN5CCC4CC5)N3)cc2c1. The van der Waals surface area contributed by atoms with E-state index in [-0.39, 0.29) is 5.58 Å². The number of hydrogen-bond donors (Lipinski definition) is 1. The lowest BCUT2D eigenvalue weighted by atomic mass is 9.81. The van der Waals surface area contributed by atoms with Crippen LogP contribution in [0.1, 0.15) is 18.6 Å². The van der Waals surface area contributed by atoms with Crippen molar-refractivity contribution in [1.82, 2.24) is 10.2 Å². The van der Waals surface area contributed by atoms with Crippen LogP contribution in [-0.4, -0.2) is 36.1 Å². The number of oxime groups is 1. The summed E-state index contributed by atoms with van der Waals surface area (Å²) >= 11 is 0. The first-order chi connectivity index (χ1) is 11.1. The Labute approximate surface area is 130 Å². The molecule has 3 fully saturated rings. The van der Waals surface area contributed by atoms with Gasteiger partial charge in [0.15, 0.2) is 17.2 Å². The molecule has 2 bridgehead atoms. The first kappa shape index (κ1) is 13.3. The van der Waals surface area contributed by atoms with Gasteiger partial charge in [-0.05, 0) is 38.1 Å². The summed E-state index contributed by atoms with van der Waals surface area (Å²) in [4.78, 5) is 8.09. The molecule has 4 aliphatic rings. The molecule has 0 amide bonds. The molecule has 1 aromatic carbocycles. The molecule has 0 radical (unpaired) electrons. The van der Waals surface area contributed by atoms with Crippen LogP contribution in [0.25, 0.3) is 11.0 Å². The molecule has 120 valence electrons. The van der Waals surface area contributed by atoms with Gasteiger partial charge in [0.05, 0.1) is 6.54 Å². The molecule has 5 heterocycles. The minimum atomic E-state index is -0.719. The number of piperidine rings is 3. The van der Waals surface area contributed by atoms with E-state index in [1.54, 1.807) is 6.07 Å². The van der Waals surface area contributed by atoms with Crippen molar-refractivity contribution in [2.45, 2.75) is 18.6 Å². The van der Waals surface area contributed by atoms with Crippen LogP contribution in [0.3, 0.4) is 0 Å². The van der Waals surface area contributed by atoms with Gasteiger partial charge in [-0.3, -0.25) is 4.90 Å². The predicted octanol–water partition coefficient (Wildman–Crippen LogP) is 2.41. The molecule has 0 aliphatic carbocycles. The molecule has 3 saturated heterocycles. The van der Waals surface area contributed by atoms with Crippen LogP contribution >= 0.6 is 0 Å². The van der Waals surface area contributed by atoms with Gasteiger partial charge in [0.2, 0.25) is 11.6 Å². The van der Waals surface area contributed by atoms with E-state index in [0.29, 0.717) is 22.9 Å². The molecular formula is C16H15F2N3O2. The number of rotatable bonds is 1. The summed E-state index contributed by atoms with van der Waals surface area (Å²) in [6, 6.07) is 3.63. The number of hydrogen-bond acceptors (Lipinski definition) is 5. The summed E-state index contributed by atoms with van der Waals surface area (Å²) < 4.78 is 32.6. The summed E-state index contributed by atoms with van der Waals surface area (Å²) in [6.45, 7) is 2.94. The average molecular weight is 319 g/mol. The molecule has 2 aromatic rings. The van der Waals surface area contributed by atoms with E-state index in [9.17, 15) is 8.78 Å². The molecule has 1 aromatic heterocycles. The van der Waals surface area contributed by atoms with Crippen molar-refractivity contribution in [2.75, 3.05) is 19.6 Å². The standard InChI is InChI=1S/C16H15F2N3O2/c17-11-5-9-6-13(22-14(9)12(18)7-11)15-19-16(23-20-15)8-21-3-1-10(16)2-4-21/h5-7,10H,1-4,8H2,(H,19,20)/t16-/m0/s1. The normalized spacial score (nSPS) is 32.2. The van der Waals surface area contributed by atoms with Crippen molar-refractivity contribution < 1.29 is 18.0 Å². The highest BCUT2D eigenvalue weighted by atomic mass is 19.1. The molecule has 1 N–H and O–H groups in total. The Morgan fingerprint density at radius 2 is 2.04 bits per heavy atom. The number of halogens is 2. The molecule has 7 heteroatoms. The van der Waals surface area contributed by atoms with Gasteiger partial charge < -0.3 is 14.6 Å². The summed E-state index contributed by atoms with van der Waals surface area (Å²) in [5.41, 5.74) is -0.491. The third-order valence-corrected chi connectivity index (χ3v) is 5.10. The van der Waals surface area contributed by atoms with Crippen molar-refractivity contribution in [1.29, 1.82) is 0 Å². The highest BCUT2D eigenvalue weighted by molar-refractivity contribution is 6.00.